The zero-order valence-corrected chi connectivity index (χ0v) is 11.1. The van der Waals surface area contributed by atoms with Crippen molar-refractivity contribution >= 4 is 5.78 Å². The number of carbonyl (C=O) groups is 1. The Balaban J connectivity index is 1.77. The Morgan fingerprint density at radius 1 is 1.10 bits per heavy atom. The van der Waals surface area contributed by atoms with Crippen LogP contribution >= 0.6 is 0 Å². The highest BCUT2D eigenvalue weighted by Crippen LogP contribution is 2.13. The van der Waals surface area contributed by atoms with E-state index >= 15 is 0 Å². The maximum atomic E-state index is 11.9. The maximum absolute atomic E-state index is 11.9. The molecule has 0 aromatic heterocycles. The van der Waals surface area contributed by atoms with Crippen LogP contribution in [0.5, 0.6) is 5.75 Å². The molecule has 2 rings (SSSR count). The molecule has 100 valence electrons. The molecule has 0 aliphatic heterocycles. The van der Waals surface area contributed by atoms with Crippen molar-refractivity contribution in [3.8, 4) is 11.8 Å². The van der Waals surface area contributed by atoms with E-state index in [2.05, 4.69) is 6.07 Å². The van der Waals surface area contributed by atoms with E-state index in [4.69, 9.17) is 10.00 Å². The largest absolute Gasteiger partial charge is 0.494 e. The molecule has 0 heterocycles. The van der Waals surface area contributed by atoms with E-state index in [0.717, 1.165) is 5.56 Å². The Kier molecular flexibility index (Phi) is 4.91. The zero-order chi connectivity index (χ0) is 14.2. The smallest absolute Gasteiger partial charge is 0.163 e. The van der Waals surface area contributed by atoms with Gasteiger partial charge in [0.05, 0.1) is 18.2 Å². The van der Waals surface area contributed by atoms with Crippen LogP contribution in [0.1, 0.15) is 28.8 Å². The lowest BCUT2D eigenvalue weighted by molar-refractivity contribution is 0.0973. The average molecular weight is 265 g/mol. The standard InChI is InChI=1S/C17H15NO2/c18-13-14-6-4-9-16(12-14)20-11-5-10-17(19)15-7-2-1-3-8-15/h1-4,6-9,12H,5,10-11H2. The average Bonchev–Trinajstić information content (AvgIpc) is 2.52. The highest BCUT2D eigenvalue weighted by atomic mass is 16.5. The fourth-order valence-corrected chi connectivity index (χ4v) is 1.85. The molecule has 0 radical (unpaired) electrons. The van der Waals surface area contributed by atoms with Crippen molar-refractivity contribution in [3.05, 3.63) is 65.7 Å². The van der Waals surface area contributed by atoms with Crippen LogP contribution in [-0.4, -0.2) is 12.4 Å². The Hall–Kier alpha value is -2.60. The van der Waals surface area contributed by atoms with E-state index in [0.29, 0.717) is 30.8 Å². The molecule has 3 heteroatoms. The Labute approximate surface area is 118 Å². The summed E-state index contributed by atoms with van der Waals surface area (Å²) in [7, 11) is 0. The highest BCUT2D eigenvalue weighted by Gasteiger charge is 2.04. The van der Waals surface area contributed by atoms with Gasteiger partial charge in [0.2, 0.25) is 0 Å². The summed E-state index contributed by atoms with van der Waals surface area (Å²) < 4.78 is 5.53. The third-order valence-electron chi connectivity index (χ3n) is 2.88. The zero-order valence-electron chi connectivity index (χ0n) is 11.1. The lowest BCUT2D eigenvalue weighted by Crippen LogP contribution is -2.03. The van der Waals surface area contributed by atoms with E-state index in [1.807, 2.05) is 30.3 Å². The number of ketones is 1. The monoisotopic (exact) mass is 265 g/mol. The maximum Gasteiger partial charge on any atom is 0.163 e. The predicted molar refractivity (Wildman–Crippen MR) is 76.7 cm³/mol. The number of Topliss-reactive ketones (excluding diaryl/α,β-unsaturated/α-hetero) is 1. The molecular formula is C17H15NO2. The topological polar surface area (TPSA) is 50.1 Å². The molecule has 3 nitrogen and oxygen atoms in total. The molecule has 2 aromatic rings. The number of ether oxygens (including phenoxy) is 1. The quantitative estimate of drug-likeness (QED) is 0.592. The first-order valence-corrected chi connectivity index (χ1v) is 6.51. The van der Waals surface area contributed by atoms with E-state index in [9.17, 15) is 4.79 Å². The van der Waals surface area contributed by atoms with Crippen molar-refractivity contribution < 1.29 is 9.53 Å². The Morgan fingerprint density at radius 2 is 1.90 bits per heavy atom. The second kappa shape index (κ2) is 7.10. The van der Waals surface area contributed by atoms with Gasteiger partial charge in [0.15, 0.2) is 5.78 Å². The van der Waals surface area contributed by atoms with Gasteiger partial charge in [-0.2, -0.15) is 5.26 Å². The number of benzene rings is 2. The van der Waals surface area contributed by atoms with Crippen molar-refractivity contribution in [2.75, 3.05) is 6.61 Å². The van der Waals surface area contributed by atoms with Gasteiger partial charge in [-0.3, -0.25) is 4.79 Å². The number of rotatable bonds is 6. The molecule has 0 saturated heterocycles. The van der Waals surface area contributed by atoms with Crippen LogP contribution in [0.4, 0.5) is 0 Å². The molecule has 0 saturated carbocycles. The molecule has 0 spiro atoms. The lowest BCUT2D eigenvalue weighted by Gasteiger charge is -2.06. The molecule has 0 N–H and O–H groups in total. The first-order valence-electron chi connectivity index (χ1n) is 6.51. The van der Waals surface area contributed by atoms with Gasteiger partial charge < -0.3 is 4.74 Å². The number of nitrogens with zero attached hydrogens (tertiary/aromatic N) is 1. The molecule has 0 aliphatic carbocycles. The van der Waals surface area contributed by atoms with E-state index in [-0.39, 0.29) is 5.78 Å². The van der Waals surface area contributed by atoms with Gasteiger partial charge in [-0.1, -0.05) is 36.4 Å². The van der Waals surface area contributed by atoms with Gasteiger partial charge in [-0.15, -0.1) is 0 Å². The van der Waals surface area contributed by atoms with Crippen molar-refractivity contribution in [1.82, 2.24) is 0 Å². The SMILES string of the molecule is N#Cc1cccc(OCCCC(=O)c2ccccc2)c1. The molecule has 0 atom stereocenters. The summed E-state index contributed by atoms with van der Waals surface area (Å²) in [5.41, 5.74) is 1.31. The summed E-state index contributed by atoms with van der Waals surface area (Å²) in [5, 5.41) is 8.78. The Morgan fingerprint density at radius 3 is 2.65 bits per heavy atom. The summed E-state index contributed by atoms with van der Waals surface area (Å²) in [4.78, 5) is 11.9. The highest BCUT2D eigenvalue weighted by molar-refractivity contribution is 5.95. The number of hydrogen-bond donors (Lipinski definition) is 0. The van der Waals surface area contributed by atoms with Crippen LogP contribution < -0.4 is 4.74 Å². The molecule has 20 heavy (non-hydrogen) atoms. The van der Waals surface area contributed by atoms with E-state index in [1.54, 1.807) is 24.3 Å². The van der Waals surface area contributed by atoms with Gasteiger partial charge in [0, 0.05) is 12.0 Å². The normalized spacial score (nSPS) is 9.75. The predicted octanol–water partition coefficient (Wildman–Crippen LogP) is 3.60. The number of nitriles is 1. The summed E-state index contributed by atoms with van der Waals surface area (Å²) in [5.74, 6) is 0.788. The molecule has 2 aromatic carbocycles. The third kappa shape index (κ3) is 3.96. The van der Waals surface area contributed by atoms with Gasteiger partial charge in [0.1, 0.15) is 5.75 Å². The van der Waals surface area contributed by atoms with Crippen LogP contribution in [0.3, 0.4) is 0 Å². The van der Waals surface area contributed by atoms with Gasteiger partial charge in [-0.25, -0.2) is 0 Å². The van der Waals surface area contributed by atoms with Crippen LogP contribution in [0.25, 0.3) is 0 Å². The van der Waals surface area contributed by atoms with E-state index < -0.39 is 0 Å². The van der Waals surface area contributed by atoms with E-state index in [1.165, 1.54) is 0 Å². The summed E-state index contributed by atoms with van der Waals surface area (Å²) >= 11 is 0. The minimum Gasteiger partial charge on any atom is -0.494 e. The first kappa shape index (κ1) is 13.8. The van der Waals surface area contributed by atoms with Crippen LogP contribution in [0.2, 0.25) is 0 Å². The molecule has 0 aliphatic rings. The molecule has 0 fully saturated rings. The Bertz CT molecular complexity index is 614. The molecule has 0 unspecified atom stereocenters. The molecule has 0 amide bonds. The minimum absolute atomic E-state index is 0.125. The van der Waals surface area contributed by atoms with Gasteiger partial charge >= 0.3 is 0 Å². The third-order valence-corrected chi connectivity index (χ3v) is 2.88. The van der Waals surface area contributed by atoms with Gasteiger partial charge in [-0.05, 0) is 24.6 Å². The molecule has 0 bridgehead atoms. The minimum atomic E-state index is 0.125. The summed E-state index contributed by atoms with van der Waals surface area (Å²) in [6, 6.07) is 18.3. The van der Waals surface area contributed by atoms with Crippen molar-refractivity contribution in [2.24, 2.45) is 0 Å². The van der Waals surface area contributed by atoms with Crippen molar-refractivity contribution in [3.63, 3.8) is 0 Å². The fourth-order valence-electron chi connectivity index (χ4n) is 1.85. The van der Waals surface area contributed by atoms with Crippen LogP contribution in [0.15, 0.2) is 54.6 Å². The lowest BCUT2D eigenvalue weighted by atomic mass is 10.1. The fraction of sp³-hybridized carbons (Fsp3) is 0.176. The summed E-state index contributed by atoms with van der Waals surface area (Å²) in [6.07, 6.45) is 1.12. The van der Waals surface area contributed by atoms with Crippen molar-refractivity contribution in [2.45, 2.75) is 12.8 Å². The number of carbonyl (C=O) groups excluding carboxylic acids is 1. The molecular weight excluding hydrogens is 250 g/mol. The first-order chi connectivity index (χ1) is 9.79. The van der Waals surface area contributed by atoms with Crippen LogP contribution in [-0.2, 0) is 0 Å². The second-order valence-corrected chi connectivity index (χ2v) is 4.38. The summed E-state index contributed by atoms with van der Waals surface area (Å²) in [6.45, 7) is 0.466. The van der Waals surface area contributed by atoms with Crippen LogP contribution in [0, 0.1) is 11.3 Å². The number of hydrogen-bond acceptors (Lipinski definition) is 3. The second-order valence-electron chi connectivity index (χ2n) is 4.38. The van der Waals surface area contributed by atoms with Crippen molar-refractivity contribution in [1.29, 1.82) is 5.26 Å². The van der Waals surface area contributed by atoms with Gasteiger partial charge in [0.25, 0.3) is 0 Å².